The van der Waals surface area contributed by atoms with E-state index in [1.165, 1.54) is 11.1 Å². The van der Waals surface area contributed by atoms with Crippen LogP contribution in [-0.2, 0) is 25.9 Å². The van der Waals surface area contributed by atoms with Gasteiger partial charge in [0.1, 0.15) is 12.2 Å². The van der Waals surface area contributed by atoms with Gasteiger partial charge in [0.05, 0.1) is 6.54 Å². The average molecular weight is 470 g/mol. The van der Waals surface area contributed by atoms with Crippen LogP contribution in [0.3, 0.4) is 0 Å². The molecule has 0 aliphatic rings. The molecular weight excluding hydrogens is 439 g/mol. The summed E-state index contributed by atoms with van der Waals surface area (Å²) >= 11 is 0. The van der Waals surface area contributed by atoms with Gasteiger partial charge in [0.25, 0.3) is 0 Å². The van der Waals surface area contributed by atoms with Crippen molar-refractivity contribution in [2.24, 2.45) is 4.99 Å². The SMILES string of the molecule is CCNC(=NCCn1cnnc1CC)N(C)Cc1ccc(CC)cc1.I. The normalized spacial score (nSPS) is 11.2. The van der Waals surface area contributed by atoms with Crippen LogP contribution in [0.4, 0.5) is 0 Å². The molecule has 1 aromatic carbocycles. The van der Waals surface area contributed by atoms with Gasteiger partial charge < -0.3 is 14.8 Å². The molecule has 1 N–H and O–H groups in total. The summed E-state index contributed by atoms with van der Waals surface area (Å²) in [5.41, 5.74) is 2.66. The number of nitrogens with zero attached hydrogens (tertiary/aromatic N) is 5. The zero-order valence-electron chi connectivity index (χ0n) is 16.3. The molecule has 144 valence electrons. The fourth-order valence-corrected chi connectivity index (χ4v) is 2.70. The number of aromatic nitrogens is 3. The van der Waals surface area contributed by atoms with Crippen LogP contribution in [0.1, 0.15) is 37.7 Å². The predicted octanol–water partition coefficient (Wildman–Crippen LogP) is 3.12. The van der Waals surface area contributed by atoms with E-state index in [9.17, 15) is 0 Å². The molecule has 26 heavy (non-hydrogen) atoms. The molecule has 0 atom stereocenters. The van der Waals surface area contributed by atoms with E-state index >= 15 is 0 Å². The summed E-state index contributed by atoms with van der Waals surface area (Å²) in [5.74, 6) is 1.93. The molecule has 0 bridgehead atoms. The Bertz CT molecular complexity index is 665. The zero-order valence-corrected chi connectivity index (χ0v) is 18.6. The maximum Gasteiger partial charge on any atom is 0.194 e. The highest BCUT2D eigenvalue weighted by atomic mass is 127. The quantitative estimate of drug-likeness (QED) is 0.366. The largest absolute Gasteiger partial charge is 0.357 e. The third-order valence-corrected chi connectivity index (χ3v) is 4.16. The minimum atomic E-state index is 0. The molecule has 0 radical (unpaired) electrons. The summed E-state index contributed by atoms with van der Waals surface area (Å²) in [5, 5.41) is 11.5. The summed E-state index contributed by atoms with van der Waals surface area (Å²) in [6.07, 6.45) is 3.74. The molecule has 0 fully saturated rings. The van der Waals surface area contributed by atoms with Gasteiger partial charge in [0, 0.05) is 33.1 Å². The summed E-state index contributed by atoms with van der Waals surface area (Å²) < 4.78 is 2.07. The summed E-state index contributed by atoms with van der Waals surface area (Å²) in [6, 6.07) is 8.80. The van der Waals surface area contributed by atoms with Crippen molar-refractivity contribution in [1.29, 1.82) is 0 Å². The van der Waals surface area contributed by atoms with Gasteiger partial charge in [-0.1, -0.05) is 38.1 Å². The lowest BCUT2D eigenvalue weighted by Gasteiger charge is -2.22. The molecule has 0 spiro atoms. The lowest BCUT2D eigenvalue weighted by molar-refractivity contribution is 0.475. The van der Waals surface area contributed by atoms with E-state index in [4.69, 9.17) is 4.99 Å². The first-order valence-electron chi connectivity index (χ1n) is 9.11. The van der Waals surface area contributed by atoms with Crippen molar-refractivity contribution in [3.8, 4) is 0 Å². The van der Waals surface area contributed by atoms with Gasteiger partial charge in [0.15, 0.2) is 5.96 Å². The number of nitrogens with one attached hydrogen (secondary N) is 1. The number of guanidine groups is 1. The Hall–Kier alpha value is -1.64. The lowest BCUT2D eigenvalue weighted by atomic mass is 10.1. The van der Waals surface area contributed by atoms with E-state index in [1.54, 1.807) is 6.33 Å². The molecule has 0 aliphatic heterocycles. The molecule has 0 unspecified atom stereocenters. The Morgan fingerprint density at radius 3 is 2.42 bits per heavy atom. The molecule has 1 heterocycles. The Morgan fingerprint density at radius 1 is 1.12 bits per heavy atom. The molecular formula is C19H31IN6. The zero-order chi connectivity index (χ0) is 18.1. The van der Waals surface area contributed by atoms with E-state index in [1.807, 2.05) is 0 Å². The van der Waals surface area contributed by atoms with Crippen molar-refractivity contribution in [1.82, 2.24) is 25.0 Å². The van der Waals surface area contributed by atoms with Gasteiger partial charge >= 0.3 is 0 Å². The predicted molar refractivity (Wildman–Crippen MR) is 118 cm³/mol. The fraction of sp³-hybridized carbons (Fsp3) is 0.526. The minimum Gasteiger partial charge on any atom is -0.357 e. The number of aliphatic imine (C=N–C) groups is 1. The van der Waals surface area contributed by atoms with E-state index in [0.29, 0.717) is 6.54 Å². The smallest absolute Gasteiger partial charge is 0.194 e. The van der Waals surface area contributed by atoms with Gasteiger partial charge in [-0.3, -0.25) is 4.99 Å². The van der Waals surface area contributed by atoms with Crippen molar-refractivity contribution in [3.05, 3.63) is 47.5 Å². The van der Waals surface area contributed by atoms with Crippen molar-refractivity contribution in [3.63, 3.8) is 0 Å². The van der Waals surface area contributed by atoms with Gasteiger partial charge in [-0.2, -0.15) is 0 Å². The van der Waals surface area contributed by atoms with Crippen LogP contribution in [0.2, 0.25) is 0 Å². The Labute approximate surface area is 174 Å². The van der Waals surface area contributed by atoms with E-state index in [0.717, 1.165) is 44.3 Å². The van der Waals surface area contributed by atoms with E-state index in [2.05, 4.69) is 77.1 Å². The molecule has 2 rings (SSSR count). The van der Waals surface area contributed by atoms with Crippen LogP contribution in [0.25, 0.3) is 0 Å². The van der Waals surface area contributed by atoms with Crippen LogP contribution in [0, 0.1) is 0 Å². The Balaban J connectivity index is 0.00000338. The summed E-state index contributed by atoms with van der Waals surface area (Å²) in [4.78, 5) is 6.91. The van der Waals surface area contributed by atoms with Gasteiger partial charge in [-0.15, -0.1) is 34.2 Å². The van der Waals surface area contributed by atoms with Gasteiger partial charge in [0.2, 0.25) is 0 Å². The first kappa shape index (κ1) is 22.4. The second-order valence-corrected chi connectivity index (χ2v) is 6.06. The fourth-order valence-electron chi connectivity index (χ4n) is 2.70. The maximum atomic E-state index is 4.75. The van der Waals surface area contributed by atoms with Crippen LogP contribution in [-0.4, -0.2) is 45.8 Å². The number of halogens is 1. The topological polar surface area (TPSA) is 58.3 Å². The lowest BCUT2D eigenvalue weighted by Crippen LogP contribution is -2.38. The number of aryl methyl sites for hydroxylation is 2. The first-order valence-corrected chi connectivity index (χ1v) is 9.11. The first-order chi connectivity index (χ1) is 12.2. The minimum absolute atomic E-state index is 0. The summed E-state index contributed by atoms with van der Waals surface area (Å²) in [6.45, 7) is 9.54. The molecule has 6 nitrogen and oxygen atoms in total. The second-order valence-electron chi connectivity index (χ2n) is 6.06. The Morgan fingerprint density at radius 2 is 1.81 bits per heavy atom. The molecule has 2 aromatic rings. The van der Waals surface area contributed by atoms with Gasteiger partial charge in [-0.25, -0.2) is 0 Å². The standard InChI is InChI=1S/C19H30N6.HI/c1-5-16-8-10-17(11-9-16)14-24(4)19(20-7-3)21-12-13-25-15-22-23-18(25)6-2;/h8-11,15H,5-7,12-14H2,1-4H3,(H,20,21);1H. The summed E-state index contributed by atoms with van der Waals surface area (Å²) in [7, 11) is 2.07. The highest BCUT2D eigenvalue weighted by molar-refractivity contribution is 14.0. The van der Waals surface area contributed by atoms with Crippen LogP contribution in [0.5, 0.6) is 0 Å². The number of hydrogen-bond acceptors (Lipinski definition) is 3. The molecule has 0 amide bonds. The van der Waals surface area contributed by atoms with Crippen LogP contribution in [0.15, 0.2) is 35.6 Å². The molecule has 7 heteroatoms. The van der Waals surface area contributed by atoms with Gasteiger partial charge in [-0.05, 0) is 24.5 Å². The van der Waals surface area contributed by atoms with Crippen LogP contribution < -0.4 is 5.32 Å². The monoisotopic (exact) mass is 470 g/mol. The highest BCUT2D eigenvalue weighted by Gasteiger charge is 2.07. The molecule has 0 saturated heterocycles. The second kappa shape index (κ2) is 11.9. The maximum absolute atomic E-state index is 4.75. The molecule has 0 saturated carbocycles. The highest BCUT2D eigenvalue weighted by Crippen LogP contribution is 2.07. The number of benzene rings is 1. The van der Waals surface area contributed by atoms with E-state index in [-0.39, 0.29) is 24.0 Å². The van der Waals surface area contributed by atoms with Crippen molar-refractivity contribution in [2.75, 3.05) is 20.1 Å². The molecule has 1 aromatic heterocycles. The van der Waals surface area contributed by atoms with Crippen molar-refractivity contribution in [2.45, 2.75) is 46.7 Å². The number of rotatable bonds is 8. The third kappa shape index (κ3) is 6.59. The van der Waals surface area contributed by atoms with E-state index < -0.39 is 0 Å². The van der Waals surface area contributed by atoms with Crippen molar-refractivity contribution >= 4 is 29.9 Å². The van der Waals surface area contributed by atoms with Crippen LogP contribution >= 0.6 is 24.0 Å². The number of hydrogen-bond donors (Lipinski definition) is 1. The third-order valence-electron chi connectivity index (χ3n) is 4.16. The van der Waals surface area contributed by atoms with Crippen molar-refractivity contribution < 1.29 is 0 Å². The Kier molecular flexibility index (Phi) is 10.2. The molecule has 0 aliphatic carbocycles. The average Bonchev–Trinajstić information content (AvgIpc) is 3.09.